The van der Waals surface area contributed by atoms with Crippen LogP contribution in [0.3, 0.4) is 0 Å². The van der Waals surface area contributed by atoms with Crippen LogP contribution in [0.1, 0.15) is 0 Å². The molecule has 4 heterocycles. The highest BCUT2D eigenvalue weighted by molar-refractivity contribution is 7.25. The van der Waals surface area contributed by atoms with Crippen molar-refractivity contribution < 1.29 is 0 Å². The summed E-state index contributed by atoms with van der Waals surface area (Å²) >= 11 is 3.61. The molecule has 3 nitrogen and oxygen atoms in total. The number of hydrogen-bond acceptors (Lipinski definition) is 5. The molecular formula is C71H45N3S2. The van der Waals surface area contributed by atoms with Crippen molar-refractivity contribution in [2.24, 2.45) is 0 Å². The highest BCUT2D eigenvalue weighted by atomic mass is 32.1. The van der Waals surface area contributed by atoms with Crippen LogP contribution in [0.5, 0.6) is 0 Å². The van der Waals surface area contributed by atoms with Crippen molar-refractivity contribution in [3.05, 3.63) is 273 Å². The predicted molar refractivity (Wildman–Crippen MR) is 322 cm³/mol. The van der Waals surface area contributed by atoms with E-state index >= 15 is 0 Å². The quantitative estimate of drug-likeness (QED) is 0.137. The largest absolute Gasteiger partial charge is 0.247 e. The number of pyridine rings is 2. The first-order valence-corrected chi connectivity index (χ1v) is 27.2. The van der Waals surface area contributed by atoms with Gasteiger partial charge in [-0.15, -0.1) is 22.7 Å². The standard InChI is InChI=1S/C71H45N3S2/c1-5-15-51(16-6-1)63-42-40-57(67(72-63)53-19-9-3-10-20-53)47-27-29-49(30-28-47)59-38-39-60(50-33-31-48(32-34-50)58-41-43-64(52-17-7-2-8-18-52)73-68(58)54-21-11-4-12-22-54)70-69(59)74-71(76-70)55-35-25-46(26-36-55)56-37-44-66-62(45-56)61-23-13-14-24-65(61)75-66/h1-45H. The van der Waals surface area contributed by atoms with E-state index in [4.69, 9.17) is 15.0 Å². The topological polar surface area (TPSA) is 38.7 Å². The Morgan fingerprint density at radius 2 is 0.645 bits per heavy atom. The molecule has 0 N–H and O–H groups in total. The van der Waals surface area contributed by atoms with E-state index in [1.807, 2.05) is 23.5 Å². The van der Waals surface area contributed by atoms with Gasteiger partial charge in [-0.2, -0.15) is 0 Å². The second-order valence-electron chi connectivity index (χ2n) is 19.0. The summed E-state index contributed by atoms with van der Waals surface area (Å²) in [7, 11) is 0. The Labute approximate surface area is 449 Å². The molecule has 4 aromatic heterocycles. The number of nitrogens with zero attached hydrogens (tertiary/aromatic N) is 3. The molecule has 5 heteroatoms. The smallest absolute Gasteiger partial charge is 0.124 e. The van der Waals surface area contributed by atoms with E-state index in [1.165, 1.54) is 31.3 Å². The van der Waals surface area contributed by atoms with Crippen molar-refractivity contribution in [3.63, 3.8) is 0 Å². The number of rotatable bonds is 10. The Balaban J connectivity index is 0.853. The zero-order chi connectivity index (χ0) is 50.4. The first-order chi connectivity index (χ1) is 37.6. The van der Waals surface area contributed by atoms with Crippen LogP contribution in [0.15, 0.2) is 273 Å². The molecule has 0 fully saturated rings. The molecule has 0 atom stereocenters. The third kappa shape index (κ3) is 8.48. The summed E-state index contributed by atoms with van der Waals surface area (Å²) in [5.41, 5.74) is 21.5. The summed E-state index contributed by atoms with van der Waals surface area (Å²) in [6.07, 6.45) is 0. The molecular weight excluding hydrogens is 959 g/mol. The van der Waals surface area contributed by atoms with Gasteiger partial charge in [-0.05, 0) is 63.7 Å². The normalized spacial score (nSPS) is 11.4. The van der Waals surface area contributed by atoms with Crippen molar-refractivity contribution in [3.8, 4) is 111 Å². The number of thiophene rings is 1. The number of fused-ring (bicyclic) bond motifs is 4. The molecule has 10 aromatic carbocycles. The maximum Gasteiger partial charge on any atom is 0.124 e. The van der Waals surface area contributed by atoms with Gasteiger partial charge in [0.05, 0.1) is 33.0 Å². The fraction of sp³-hybridized carbons (Fsp3) is 0. The minimum atomic E-state index is 0.950. The SMILES string of the molecule is c1ccc(-c2ccc(-c3ccc(-c4ccc(-c5ccc(-c6ccc(-c7ccccc7)nc6-c6ccccc6)cc5)c5sc(-c6ccc(-c7ccc8sc9ccccc9c8c7)cc6)nc45)cc3)c(-c3ccccc3)n2)cc1. The highest BCUT2D eigenvalue weighted by Crippen LogP contribution is 2.44. The highest BCUT2D eigenvalue weighted by Gasteiger charge is 2.19. The van der Waals surface area contributed by atoms with E-state index < -0.39 is 0 Å². The van der Waals surface area contributed by atoms with Crippen molar-refractivity contribution in [2.45, 2.75) is 0 Å². The van der Waals surface area contributed by atoms with Crippen LogP contribution >= 0.6 is 22.7 Å². The second-order valence-corrected chi connectivity index (χ2v) is 21.1. The summed E-state index contributed by atoms with van der Waals surface area (Å²) < 4.78 is 3.78. The van der Waals surface area contributed by atoms with Crippen LogP contribution in [0.4, 0.5) is 0 Å². The lowest BCUT2D eigenvalue weighted by Crippen LogP contribution is -1.93. The fourth-order valence-corrected chi connectivity index (χ4v) is 12.7. The zero-order valence-corrected chi connectivity index (χ0v) is 42.8. The van der Waals surface area contributed by atoms with Crippen molar-refractivity contribution in [1.29, 1.82) is 0 Å². The summed E-state index contributed by atoms with van der Waals surface area (Å²) in [6.45, 7) is 0. The molecule has 14 rings (SSSR count). The fourth-order valence-electron chi connectivity index (χ4n) is 10.5. The second kappa shape index (κ2) is 19.5. The van der Waals surface area contributed by atoms with Crippen molar-refractivity contribution >= 4 is 53.1 Å². The van der Waals surface area contributed by atoms with E-state index in [0.717, 1.165) is 110 Å². The Hall–Kier alpha value is -9.39. The molecule has 0 bridgehead atoms. The molecule has 0 saturated heterocycles. The van der Waals surface area contributed by atoms with Gasteiger partial charge in [-0.1, -0.05) is 243 Å². The molecule has 0 saturated carbocycles. The van der Waals surface area contributed by atoms with Gasteiger partial charge in [0.1, 0.15) is 5.01 Å². The number of benzene rings is 10. The lowest BCUT2D eigenvalue weighted by molar-refractivity contribution is 1.32. The average Bonchev–Trinajstić information content (AvgIpc) is 4.16. The molecule has 0 spiro atoms. The zero-order valence-electron chi connectivity index (χ0n) is 41.1. The van der Waals surface area contributed by atoms with Gasteiger partial charge < -0.3 is 0 Å². The Morgan fingerprint density at radius 3 is 1.20 bits per heavy atom. The third-order valence-electron chi connectivity index (χ3n) is 14.4. The monoisotopic (exact) mass is 1000 g/mol. The van der Waals surface area contributed by atoms with Crippen molar-refractivity contribution in [2.75, 3.05) is 0 Å². The summed E-state index contributed by atoms with van der Waals surface area (Å²) in [4.78, 5) is 16.1. The van der Waals surface area contributed by atoms with Gasteiger partial charge in [-0.25, -0.2) is 15.0 Å². The van der Waals surface area contributed by atoms with E-state index in [-0.39, 0.29) is 0 Å². The molecule has 0 amide bonds. The van der Waals surface area contributed by atoms with Crippen LogP contribution < -0.4 is 0 Å². The summed E-state index contributed by atoms with van der Waals surface area (Å²) in [5.74, 6) is 0. The molecule has 76 heavy (non-hydrogen) atoms. The summed E-state index contributed by atoms with van der Waals surface area (Å²) in [5, 5.41) is 3.60. The Morgan fingerprint density at radius 1 is 0.237 bits per heavy atom. The van der Waals surface area contributed by atoms with Crippen molar-refractivity contribution in [1.82, 2.24) is 15.0 Å². The number of thiazole rings is 1. The van der Waals surface area contributed by atoms with Gasteiger partial charge in [0.25, 0.3) is 0 Å². The van der Waals surface area contributed by atoms with E-state index in [0.29, 0.717) is 0 Å². The van der Waals surface area contributed by atoms with E-state index in [2.05, 4.69) is 261 Å². The summed E-state index contributed by atoms with van der Waals surface area (Å²) in [6, 6.07) is 97.4. The lowest BCUT2D eigenvalue weighted by atomic mass is 9.94. The van der Waals surface area contributed by atoms with Gasteiger partial charge in [0.2, 0.25) is 0 Å². The van der Waals surface area contributed by atoms with Crippen LogP contribution in [0.2, 0.25) is 0 Å². The Kier molecular flexibility index (Phi) is 11.6. The predicted octanol–water partition coefficient (Wildman–Crippen LogP) is 20.1. The molecule has 0 aliphatic rings. The maximum absolute atomic E-state index is 5.53. The lowest BCUT2D eigenvalue weighted by Gasteiger charge is -2.14. The van der Waals surface area contributed by atoms with Crippen LogP contribution in [-0.2, 0) is 0 Å². The third-order valence-corrected chi connectivity index (χ3v) is 16.7. The maximum atomic E-state index is 5.53. The first kappa shape index (κ1) is 45.2. The minimum Gasteiger partial charge on any atom is -0.247 e. The number of hydrogen-bond donors (Lipinski definition) is 0. The van der Waals surface area contributed by atoms with Crippen LogP contribution in [0, 0.1) is 0 Å². The molecule has 0 radical (unpaired) electrons. The average molecular weight is 1000 g/mol. The van der Waals surface area contributed by atoms with Gasteiger partial charge in [-0.3, -0.25) is 0 Å². The molecule has 356 valence electrons. The molecule has 0 unspecified atom stereocenters. The Bertz CT molecular complexity index is 4190. The van der Waals surface area contributed by atoms with Crippen LogP contribution in [0.25, 0.3) is 142 Å². The minimum absolute atomic E-state index is 0.950. The van der Waals surface area contributed by atoms with E-state index in [1.54, 1.807) is 11.3 Å². The van der Waals surface area contributed by atoms with Crippen LogP contribution in [-0.4, -0.2) is 15.0 Å². The molecule has 0 aliphatic heterocycles. The first-order valence-electron chi connectivity index (χ1n) is 25.6. The van der Waals surface area contributed by atoms with Gasteiger partial charge in [0.15, 0.2) is 0 Å². The number of aromatic nitrogens is 3. The van der Waals surface area contributed by atoms with E-state index in [9.17, 15) is 0 Å². The van der Waals surface area contributed by atoms with Gasteiger partial charge >= 0.3 is 0 Å². The molecule has 14 aromatic rings. The molecule has 0 aliphatic carbocycles. The van der Waals surface area contributed by atoms with Gasteiger partial charge in [0, 0.05) is 70.2 Å².